The fourth-order valence-corrected chi connectivity index (χ4v) is 5.60. The van der Waals surface area contributed by atoms with Crippen molar-refractivity contribution in [3.05, 3.63) is 71.8 Å². The Hall–Kier alpha value is -2.46. The van der Waals surface area contributed by atoms with Gasteiger partial charge in [-0.15, -0.1) is 0 Å². The van der Waals surface area contributed by atoms with E-state index in [1.54, 1.807) is 0 Å². The fraction of sp³-hybridized carbons (Fsp3) is 0.391. The molecule has 1 heterocycles. The lowest BCUT2D eigenvalue weighted by Gasteiger charge is -2.23. The summed E-state index contributed by atoms with van der Waals surface area (Å²) in [5, 5.41) is 3.67. The highest BCUT2D eigenvalue weighted by molar-refractivity contribution is 6.06. The Labute approximate surface area is 159 Å². The monoisotopic (exact) mass is 360 g/mol. The summed E-state index contributed by atoms with van der Waals surface area (Å²) in [7, 11) is 0. The van der Waals surface area contributed by atoms with E-state index < -0.39 is 0 Å². The molecule has 1 N–H and O–H groups in total. The van der Waals surface area contributed by atoms with E-state index in [-0.39, 0.29) is 29.7 Å². The third-order valence-corrected chi connectivity index (χ3v) is 6.74. The summed E-state index contributed by atoms with van der Waals surface area (Å²) in [5.41, 5.74) is 2.27. The quantitative estimate of drug-likeness (QED) is 0.834. The van der Waals surface area contributed by atoms with E-state index in [4.69, 9.17) is 0 Å². The van der Waals surface area contributed by atoms with Gasteiger partial charge in [0.25, 0.3) is 0 Å². The number of amides is 2. The zero-order valence-corrected chi connectivity index (χ0v) is 15.3. The molecule has 5 atom stereocenters. The van der Waals surface area contributed by atoms with Gasteiger partial charge in [0.1, 0.15) is 0 Å². The minimum atomic E-state index is -0.117. The highest BCUT2D eigenvalue weighted by Gasteiger charge is 2.64. The number of carbonyl (C=O) groups excluding carboxylic acids is 2. The lowest BCUT2D eigenvalue weighted by atomic mass is 9.81. The Kier molecular flexibility index (Phi) is 4.09. The Morgan fingerprint density at radius 1 is 0.778 bits per heavy atom. The van der Waals surface area contributed by atoms with Crippen LogP contribution in [0.4, 0.5) is 0 Å². The lowest BCUT2D eigenvalue weighted by Crippen LogP contribution is -2.39. The molecule has 3 fully saturated rings. The van der Waals surface area contributed by atoms with Crippen molar-refractivity contribution in [2.75, 3.05) is 0 Å². The number of hydrogen-bond acceptors (Lipinski definition) is 3. The van der Waals surface area contributed by atoms with Crippen molar-refractivity contribution >= 4 is 11.8 Å². The second kappa shape index (κ2) is 6.61. The maximum atomic E-state index is 13.1. The van der Waals surface area contributed by atoms with Crippen molar-refractivity contribution in [3.8, 4) is 0 Å². The Balaban J connectivity index is 1.32. The number of fused-ring (bicyclic) bond motifs is 5. The first-order valence-electron chi connectivity index (χ1n) is 9.90. The number of rotatable bonds is 5. The molecule has 0 aromatic heterocycles. The maximum Gasteiger partial charge on any atom is 0.233 e. The smallest absolute Gasteiger partial charge is 0.233 e. The van der Waals surface area contributed by atoms with E-state index in [9.17, 15) is 9.59 Å². The molecular formula is C23H24N2O2. The average Bonchev–Trinajstić information content (AvgIpc) is 3.33. The van der Waals surface area contributed by atoms with E-state index in [1.165, 1.54) is 10.5 Å². The van der Waals surface area contributed by atoms with Crippen molar-refractivity contribution in [3.63, 3.8) is 0 Å². The molecule has 138 valence electrons. The van der Waals surface area contributed by atoms with Gasteiger partial charge in [-0.3, -0.25) is 14.5 Å². The molecule has 27 heavy (non-hydrogen) atoms. The highest BCUT2D eigenvalue weighted by atomic mass is 16.2. The van der Waals surface area contributed by atoms with Gasteiger partial charge in [0.15, 0.2) is 0 Å². The molecule has 1 unspecified atom stereocenters. The van der Waals surface area contributed by atoms with Crippen LogP contribution in [0.3, 0.4) is 0 Å². The Morgan fingerprint density at radius 3 is 1.85 bits per heavy atom. The van der Waals surface area contributed by atoms with Crippen LogP contribution in [0.5, 0.6) is 0 Å². The Morgan fingerprint density at radius 2 is 1.30 bits per heavy atom. The molecule has 2 aliphatic carbocycles. The summed E-state index contributed by atoms with van der Waals surface area (Å²) in [5.74, 6) is 0.448. The summed E-state index contributed by atoms with van der Waals surface area (Å²) < 4.78 is 0. The first-order chi connectivity index (χ1) is 13.2. The van der Waals surface area contributed by atoms with Gasteiger partial charge in [0.05, 0.1) is 18.4 Å². The van der Waals surface area contributed by atoms with Gasteiger partial charge >= 0.3 is 0 Å². The molecule has 1 saturated heterocycles. The molecule has 4 heteroatoms. The number of nitrogens with one attached hydrogen (secondary N) is 1. The van der Waals surface area contributed by atoms with Gasteiger partial charge in [-0.2, -0.15) is 0 Å². The molecule has 5 rings (SSSR count). The maximum absolute atomic E-state index is 13.1. The summed E-state index contributed by atoms with van der Waals surface area (Å²) in [4.78, 5) is 27.7. The number of benzene rings is 2. The molecule has 2 aromatic rings. The molecule has 0 radical (unpaired) electrons. The van der Waals surface area contributed by atoms with Crippen molar-refractivity contribution in [1.82, 2.24) is 10.2 Å². The van der Waals surface area contributed by atoms with Crippen molar-refractivity contribution in [2.24, 2.45) is 23.7 Å². The van der Waals surface area contributed by atoms with Gasteiger partial charge in [-0.25, -0.2) is 0 Å². The number of carbonyl (C=O) groups is 2. The molecular weight excluding hydrogens is 336 g/mol. The zero-order valence-electron chi connectivity index (χ0n) is 15.3. The van der Waals surface area contributed by atoms with Crippen molar-refractivity contribution in [1.29, 1.82) is 0 Å². The van der Waals surface area contributed by atoms with Crippen LogP contribution in [0, 0.1) is 23.7 Å². The zero-order chi connectivity index (χ0) is 18.4. The lowest BCUT2D eigenvalue weighted by molar-refractivity contribution is -0.141. The van der Waals surface area contributed by atoms with Gasteiger partial charge in [-0.1, -0.05) is 60.7 Å². The highest BCUT2D eigenvalue weighted by Crippen LogP contribution is 2.56. The van der Waals surface area contributed by atoms with E-state index >= 15 is 0 Å². The summed E-state index contributed by atoms with van der Waals surface area (Å²) in [6.07, 6.45) is 2.10. The number of hydrogen-bond donors (Lipinski definition) is 1. The number of imide groups is 1. The number of nitrogens with zero attached hydrogens (tertiary/aromatic N) is 1. The minimum Gasteiger partial charge on any atom is -0.309 e. The van der Waals surface area contributed by atoms with Crippen LogP contribution < -0.4 is 5.32 Å². The molecule has 3 aliphatic rings. The summed E-state index contributed by atoms with van der Waals surface area (Å²) in [6, 6.07) is 20.4. The van der Waals surface area contributed by atoms with E-state index in [1.807, 2.05) is 48.5 Å². The van der Waals surface area contributed by atoms with Crippen LogP contribution in [0.1, 0.15) is 24.0 Å². The van der Waals surface area contributed by atoms with E-state index in [2.05, 4.69) is 17.4 Å². The summed E-state index contributed by atoms with van der Waals surface area (Å²) >= 11 is 0. The minimum absolute atomic E-state index is 0.0487. The van der Waals surface area contributed by atoms with Crippen molar-refractivity contribution in [2.45, 2.75) is 32.0 Å². The van der Waals surface area contributed by atoms with Gasteiger partial charge in [-0.05, 0) is 35.8 Å². The van der Waals surface area contributed by atoms with Gasteiger partial charge in [0, 0.05) is 12.6 Å². The third kappa shape index (κ3) is 2.71. The SMILES string of the molecule is O=C1[C@H]2[C@H](C(=O)N1Cc1ccccc1)[C@H]1CC[C@@H]2C1NCc1ccccc1. The van der Waals surface area contributed by atoms with Crippen LogP contribution in [-0.4, -0.2) is 22.8 Å². The largest absolute Gasteiger partial charge is 0.309 e. The predicted octanol–water partition coefficient (Wildman–Crippen LogP) is 2.99. The van der Waals surface area contributed by atoms with Crippen molar-refractivity contribution < 1.29 is 9.59 Å². The normalized spacial score (nSPS) is 31.6. The Bertz CT molecular complexity index is 821. The standard InChI is InChI=1S/C23H24N2O2/c26-22-19-17-11-12-18(21(17)24-13-15-7-3-1-4-8-15)20(19)23(27)25(22)14-16-9-5-2-6-10-16/h1-10,17-21,24H,11-14H2/t17-,18+,19-,20-,21?/m1/s1. The molecule has 2 bridgehead atoms. The van der Waals surface area contributed by atoms with E-state index in [0.29, 0.717) is 18.4 Å². The topological polar surface area (TPSA) is 49.4 Å². The first-order valence-corrected chi connectivity index (χ1v) is 9.90. The first kappa shape index (κ1) is 16.7. The third-order valence-electron chi connectivity index (χ3n) is 6.74. The van der Waals surface area contributed by atoms with E-state index in [0.717, 1.165) is 24.9 Å². The second-order valence-electron chi connectivity index (χ2n) is 8.10. The molecule has 0 spiro atoms. The molecule has 2 saturated carbocycles. The summed E-state index contributed by atoms with van der Waals surface area (Å²) in [6.45, 7) is 1.21. The molecule has 2 aromatic carbocycles. The number of likely N-dealkylation sites (tertiary alicyclic amines) is 1. The van der Waals surface area contributed by atoms with Crippen LogP contribution in [0.15, 0.2) is 60.7 Å². The predicted molar refractivity (Wildman–Crippen MR) is 102 cm³/mol. The van der Waals surface area contributed by atoms with Gasteiger partial charge in [0.2, 0.25) is 11.8 Å². The molecule has 2 amide bonds. The molecule has 1 aliphatic heterocycles. The van der Waals surface area contributed by atoms with Crippen LogP contribution >= 0.6 is 0 Å². The van der Waals surface area contributed by atoms with Gasteiger partial charge < -0.3 is 5.32 Å². The fourth-order valence-electron chi connectivity index (χ4n) is 5.60. The van der Waals surface area contributed by atoms with Crippen LogP contribution in [0.2, 0.25) is 0 Å². The molecule has 4 nitrogen and oxygen atoms in total. The average molecular weight is 360 g/mol. The van der Waals surface area contributed by atoms with Crippen LogP contribution in [0.25, 0.3) is 0 Å². The van der Waals surface area contributed by atoms with Crippen LogP contribution in [-0.2, 0) is 22.7 Å². The second-order valence-corrected chi connectivity index (χ2v) is 8.10.